The highest BCUT2D eigenvalue weighted by atomic mass is 35.5. The molecular weight excluding hydrogens is 583 g/mol. The molecule has 0 saturated carbocycles. The van der Waals surface area contributed by atoms with Gasteiger partial charge in [-0.05, 0) is 12.8 Å². The number of nitrogens with zero attached hydrogens (tertiary/aromatic N) is 1. The van der Waals surface area contributed by atoms with E-state index in [0.29, 0.717) is 32.8 Å². The second-order valence-corrected chi connectivity index (χ2v) is 11.6. The van der Waals surface area contributed by atoms with Gasteiger partial charge in [0.25, 0.3) is 0 Å². The summed E-state index contributed by atoms with van der Waals surface area (Å²) >= 11 is 0. The normalized spacial score (nSPS) is 13.8. The Kier molecular flexibility index (Phi) is 24.0. The second-order valence-electron chi connectivity index (χ2n) is 11.6. The number of aliphatic hydroxyl groups excluding tert-OH is 1. The molecule has 0 aromatic heterocycles. The predicted octanol–water partition coefficient (Wildman–Crippen LogP) is 4.40. The van der Waals surface area contributed by atoms with Gasteiger partial charge in [-0.15, -0.1) is 0 Å². The van der Waals surface area contributed by atoms with Crippen molar-refractivity contribution in [3.63, 3.8) is 0 Å². The number of ether oxygens (including phenoxy) is 3. The molecule has 1 N–H and O–H groups in total. The van der Waals surface area contributed by atoms with Crippen molar-refractivity contribution in [2.24, 2.45) is 0 Å². The number of hydrogen-bond donors (Lipinski definition) is 1. The number of halogens is 8. The van der Waals surface area contributed by atoms with Gasteiger partial charge in [-0.1, -0.05) is 70.6 Å². The maximum absolute atomic E-state index is 13.2. The summed E-state index contributed by atoms with van der Waals surface area (Å²) in [6.07, 6.45) is 2.22. The summed E-state index contributed by atoms with van der Waals surface area (Å²) in [7, 11) is 6.31. The largest absolute Gasteiger partial charge is 1.00 e. The van der Waals surface area contributed by atoms with Gasteiger partial charge in [0.05, 0.1) is 54.2 Å². The smallest absolute Gasteiger partial charge is 0.459 e. The summed E-state index contributed by atoms with van der Waals surface area (Å²) in [5.41, 5.74) is 0. The molecule has 0 bridgehead atoms. The van der Waals surface area contributed by atoms with Crippen molar-refractivity contribution >= 4 is 0 Å². The highest BCUT2D eigenvalue weighted by Gasteiger charge is 2.72. The van der Waals surface area contributed by atoms with E-state index in [9.17, 15) is 35.8 Å². The van der Waals surface area contributed by atoms with Gasteiger partial charge in [-0.3, -0.25) is 0 Å². The standard InChI is InChI=1S/C28H53F7NO4.ClH/c1-36(2,3)18-20-38-21-22-40-24-25(37)23-39-19-16-14-12-10-8-6-4-5-7-9-11-13-15-17-26(29,30)27(31,32)28(33,34)35;/h25,37H,4-24H2,1-3H3;1H/q+1;/p-1. The van der Waals surface area contributed by atoms with Crippen molar-refractivity contribution in [3.05, 3.63) is 0 Å². The predicted molar refractivity (Wildman–Crippen MR) is 142 cm³/mol. The van der Waals surface area contributed by atoms with Crippen LogP contribution in [0.15, 0.2) is 0 Å². The van der Waals surface area contributed by atoms with Crippen LogP contribution >= 0.6 is 0 Å². The molecule has 0 radical (unpaired) electrons. The quantitative estimate of drug-likeness (QED) is 0.0826. The third-order valence-electron chi connectivity index (χ3n) is 6.49. The number of rotatable bonds is 27. The lowest BCUT2D eigenvalue weighted by molar-refractivity contribution is -0.870. The van der Waals surface area contributed by atoms with Crippen LogP contribution in [0.4, 0.5) is 30.7 Å². The first-order valence-corrected chi connectivity index (χ1v) is 14.6. The van der Waals surface area contributed by atoms with Gasteiger partial charge >= 0.3 is 18.0 Å². The molecule has 0 aliphatic rings. The molecule has 0 aliphatic heterocycles. The molecule has 41 heavy (non-hydrogen) atoms. The molecule has 0 amide bonds. The van der Waals surface area contributed by atoms with E-state index in [1.807, 2.05) is 0 Å². The molecule has 1 unspecified atom stereocenters. The molecule has 250 valence electrons. The van der Waals surface area contributed by atoms with Crippen LogP contribution in [0.25, 0.3) is 0 Å². The molecule has 0 aliphatic carbocycles. The van der Waals surface area contributed by atoms with Crippen LogP contribution in [0.5, 0.6) is 0 Å². The van der Waals surface area contributed by atoms with E-state index in [-0.39, 0.29) is 38.5 Å². The van der Waals surface area contributed by atoms with Crippen molar-refractivity contribution in [2.45, 2.75) is 114 Å². The number of quaternary nitrogens is 1. The van der Waals surface area contributed by atoms with Crippen molar-refractivity contribution in [1.29, 1.82) is 0 Å². The zero-order valence-corrected chi connectivity index (χ0v) is 25.8. The van der Waals surface area contributed by atoms with Crippen LogP contribution in [0.2, 0.25) is 0 Å². The zero-order valence-electron chi connectivity index (χ0n) is 25.1. The fourth-order valence-electron chi connectivity index (χ4n) is 3.91. The Morgan fingerprint density at radius 1 is 0.561 bits per heavy atom. The van der Waals surface area contributed by atoms with E-state index < -0.39 is 30.5 Å². The van der Waals surface area contributed by atoms with E-state index in [4.69, 9.17) is 14.2 Å². The number of likely N-dealkylation sites (N-methyl/N-ethyl adjacent to an activating group) is 1. The number of unbranched alkanes of at least 4 members (excludes halogenated alkanes) is 12. The maximum Gasteiger partial charge on any atom is 0.459 e. The molecule has 0 aromatic rings. The van der Waals surface area contributed by atoms with Gasteiger partial charge < -0.3 is 36.2 Å². The minimum absolute atomic E-state index is 0. The lowest BCUT2D eigenvalue weighted by Crippen LogP contribution is -3.00. The third-order valence-corrected chi connectivity index (χ3v) is 6.49. The summed E-state index contributed by atoms with van der Waals surface area (Å²) in [6.45, 7) is 3.64. The molecular formula is C28H53ClF7NO4. The Bertz CT molecular complexity index is 609. The van der Waals surface area contributed by atoms with E-state index in [1.165, 1.54) is 0 Å². The maximum atomic E-state index is 13.2. The highest BCUT2D eigenvalue weighted by Crippen LogP contribution is 2.48. The monoisotopic (exact) mass is 635 g/mol. The Morgan fingerprint density at radius 3 is 1.39 bits per heavy atom. The minimum Gasteiger partial charge on any atom is -1.00 e. The summed E-state index contributed by atoms with van der Waals surface area (Å²) in [6, 6.07) is 0. The van der Waals surface area contributed by atoms with Crippen LogP contribution in [-0.4, -0.2) is 101 Å². The summed E-state index contributed by atoms with van der Waals surface area (Å²) in [5, 5.41) is 9.87. The highest BCUT2D eigenvalue weighted by molar-refractivity contribution is 4.90. The first kappa shape index (κ1) is 42.7. The second kappa shape index (κ2) is 23.0. The molecule has 0 rings (SSSR count). The van der Waals surface area contributed by atoms with Crippen LogP contribution < -0.4 is 12.4 Å². The lowest BCUT2D eigenvalue weighted by Gasteiger charge is -2.28. The molecule has 5 nitrogen and oxygen atoms in total. The summed E-state index contributed by atoms with van der Waals surface area (Å²) < 4.78 is 106. The summed E-state index contributed by atoms with van der Waals surface area (Å²) in [5.74, 6) is -11.1. The van der Waals surface area contributed by atoms with Gasteiger partial charge in [-0.2, -0.15) is 30.7 Å². The first-order chi connectivity index (χ1) is 18.6. The van der Waals surface area contributed by atoms with Crippen LogP contribution in [0.3, 0.4) is 0 Å². The first-order valence-electron chi connectivity index (χ1n) is 14.6. The Morgan fingerprint density at radius 2 is 0.951 bits per heavy atom. The van der Waals surface area contributed by atoms with Crippen LogP contribution in [0.1, 0.15) is 89.9 Å². The van der Waals surface area contributed by atoms with Crippen LogP contribution in [0, 0.1) is 0 Å². The van der Waals surface area contributed by atoms with E-state index in [2.05, 4.69) is 21.1 Å². The fraction of sp³-hybridized carbons (Fsp3) is 1.00. The van der Waals surface area contributed by atoms with Crippen molar-refractivity contribution in [1.82, 2.24) is 0 Å². The Balaban J connectivity index is 0. The van der Waals surface area contributed by atoms with Crippen molar-refractivity contribution in [3.8, 4) is 0 Å². The molecule has 13 heteroatoms. The number of hydrogen-bond acceptors (Lipinski definition) is 4. The van der Waals surface area contributed by atoms with Crippen molar-refractivity contribution < 1.29 is 66.9 Å². The number of aliphatic hydroxyl groups is 1. The van der Waals surface area contributed by atoms with E-state index in [0.717, 1.165) is 75.2 Å². The van der Waals surface area contributed by atoms with Gasteiger partial charge in [0.2, 0.25) is 0 Å². The molecule has 0 aromatic carbocycles. The zero-order chi connectivity index (χ0) is 30.5. The summed E-state index contributed by atoms with van der Waals surface area (Å²) in [4.78, 5) is 0. The SMILES string of the molecule is C[N+](C)(C)CCOCCOCC(O)COCCCCCCCCCCCCCCCC(F)(F)C(F)(F)C(F)(F)F.[Cl-]. The molecule has 0 fully saturated rings. The van der Waals surface area contributed by atoms with Gasteiger partial charge in [-0.25, -0.2) is 0 Å². The Labute approximate surface area is 248 Å². The van der Waals surface area contributed by atoms with Crippen LogP contribution in [-0.2, 0) is 14.2 Å². The van der Waals surface area contributed by atoms with Gasteiger partial charge in [0, 0.05) is 13.0 Å². The third kappa shape index (κ3) is 22.8. The molecule has 0 spiro atoms. The van der Waals surface area contributed by atoms with E-state index in [1.54, 1.807) is 0 Å². The lowest BCUT2D eigenvalue weighted by atomic mass is 10.0. The van der Waals surface area contributed by atoms with Gasteiger partial charge in [0.15, 0.2) is 0 Å². The van der Waals surface area contributed by atoms with Crippen molar-refractivity contribution in [2.75, 3.05) is 67.3 Å². The molecule has 1 atom stereocenters. The van der Waals surface area contributed by atoms with E-state index >= 15 is 0 Å². The number of alkyl halides is 7. The minimum atomic E-state index is -6.24. The molecule has 0 saturated heterocycles. The Hall–Kier alpha value is -0.400. The fourth-order valence-corrected chi connectivity index (χ4v) is 3.91. The average molecular weight is 636 g/mol. The topological polar surface area (TPSA) is 47.9 Å². The molecule has 0 heterocycles. The van der Waals surface area contributed by atoms with Gasteiger partial charge in [0.1, 0.15) is 12.6 Å². The average Bonchev–Trinajstić information content (AvgIpc) is 2.83.